The van der Waals surface area contributed by atoms with Crippen molar-refractivity contribution in [3.8, 4) is 0 Å². The Balaban J connectivity index is 2.43. The maximum atomic E-state index is 3.58. The van der Waals surface area contributed by atoms with Gasteiger partial charge in [-0.25, -0.2) is 0 Å². The zero-order valence-electron chi connectivity index (χ0n) is 13.4. The van der Waals surface area contributed by atoms with E-state index in [-0.39, 0.29) is 0 Å². The van der Waals surface area contributed by atoms with Crippen molar-refractivity contribution >= 4 is 11.3 Å². The van der Waals surface area contributed by atoms with E-state index in [9.17, 15) is 0 Å². The third-order valence-corrected chi connectivity index (χ3v) is 4.49. The van der Waals surface area contributed by atoms with E-state index in [2.05, 4.69) is 69.4 Å². The highest BCUT2D eigenvalue weighted by Crippen LogP contribution is 2.26. The van der Waals surface area contributed by atoms with E-state index in [4.69, 9.17) is 0 Å². The molecule has 0 aromatic carbocycles. The molecular weight excluding hydrogens is 252 g/mol. The molecule has 0 saturated heterocycles. The second-order valence-electron chi connectivity index (χ2n) is 6.80. The number of hydrogen-bond acceptors (Lipinski definition) is 3. The van der Waals surface area contributed by atoms with Crippen LogP contribution in [0.3, 0.4) is 0 Å². The smallest absolute Gasteiger partial charge is 0.0410 e. The number of thiophene rings is 1. The van der Waals surface area contributed by atoms with Crippen molar-refractivity contribution in [2.24, 2.45) is 11.3 Å². The van der Waals surface area contributed by atoms with Gasteiger partial charge in [-0.05, 0) is 43.3 Å². The summed E-state index contributed by atoms with van der Waals surface area (Å²) in [4.78, 5) is 3.91. The maximum Gasteiger partial charge on any atom is 0.0410 e. The summed E-state index contributed by atoms with van der Waals surface area (Å²) in [5.41, 5.74) is 0.301. The zero-order valence-corrected chi connectivity index (χ0v) is 14.2. The average Bonchev–Trinajstić information content (AvgIpc) is 2.79. The second-order valence-corrected chi connectivity index (χ2v) is 7.77. The van der Waals surface area contributed by atoms with Crippen LogP contribution >= 0.6 is 11.3 Å². The Morgan fingerprint density at radius 1 is 1.32 bits per heavy atom. The van der Waals surface area contributed by atoms with Gasteiger partial charge in [0.25, 0.3) is 0 Å². The first-order valence-electron chi connectivity index (χ1n) is 7.26. The number of nitrogens with zero attached hydrogens (tertiary/aromatic N) is 1. The zero-order chi connectivity index (χ0) is 14.5. The highest BCUT2D eigenvalue weighted by Gasteiger charge is 2.23. The molecular formula is C16H30N2S. The molecule has 0 aliphatic carbocycles. The van der Waals surface area contributed by atoms with E-state index in [1.807, 2.05) is 11.3 Å². The lowest BCUT2D eigenvalue weighted by atomic mass is 9.92. The summed E-state index contributed by atoms with van der Waals surface area (Å²) in [6.07, 6.45) is 0. The van der Waals surface area contributed by atoms with Crippen LogP contribution in [-0.2, 0) is 0 Å². The van der Waals surface area contributed by atoms with Gasteiger partial charge >= 0.3 is 0 Å². The molecule has 0 aliphatic heterocycles. The Morgan fingerprint density at radius 3 is 2.53 bits per heavy atom. The third-order valence-electron chi connectivity index (χ3n) is 3.45. The molecule has 0 spiro atoms. The van der Waals surface area contributed by atoms with Crippen LogP contribution in [0.25, 0.3) is 0 Å². The molecule has 1 rings (SSSR count). The summed E-state index contributed by atoms with van der Waals surface area (Å²) in [5, 5.41) is 5.74. The predicted octanol–water partition coefficient (Wildman–Crippen LogP) is 4.01. The lowest BCUT2D eigenvalue weighted by molar-refractivity contribution is 0.167. The molecule has 2 nitrogen and oxygen atoms in total. The van der Waals surface area contributed by atoms with Gasteiger partial charge in [-0.15, -0.1) is 11.3 Å². The van der Waals surface area contributed by atoms with Crippen molar-refractivity contribution in [3.63, 3.8) is 0 Å². The maximum absolute atomic E-state index is 3.58. The van der Waals surface area contributed by atoms with Gasteiger partial charge in [0.1, 0.15) is 0 Å². The average molecular weight is 282 g/mol. The van der Waals surface area contributed by atoms with Gasteiger partial charge in [0.15, 0.2) is 0 Å². The fourth-order valence-corrected chi connectivity index (χ4v) is 3.16. The molecule has 19 heavy (non-hydrogen) atoms. The molecule has 0 saturated carbocycles. The van der Waals surface area contributed by atoms with Crippen molar-refractivity contribution in [1.82, 2.24) is 10.2 Å². The number of nitrogens with one attached hydrogen (secondary N) is 1. The van der Waals surface area contributed by atoms with Crippen LogP contribution in [0.5, 0.6) is 0 Å². The fourth-order valence-electron chi connectivity index (χ4n) is 2.31. The Hall–Kier alpha value is -0.380. The molecule has 1 N–H and O–H groups in total. The summed E-state index contributed by atoms with van der Waals surface area (Å²) >= 11 is 1.85. The van der Waals surface area contributed by atoms with Crippen molar-refractivity contribution in [2.75, 3.05) is 26.7 Å². The Labute approximate surface area is 123 Å². The molecule has 110 valence electrons. The summed E-state index contributed by atoms with van der Waals surface area (Å²) in [6, 6.07) is 4.87. The molecule has 0 bridgehead atoms. The van der Waals surface area contributed by atoms with Gasteiger partial charge in [0, 0.05) is 24.0 Å². The van der Waals surface area contributed by atoms with E-state index >= 15 is 0 Å². The van der Waals surface area contributed by atoms with Crippen LogP contribution in [0, 0.1) is 11.3 Å². The highest BCUT2D eigenvalue weighted by molar-refractivity contribution is 7.10. The first kappa shape index (κ1) is 16.7. The number of rotatable bonds is 8. The van der Waals surface area contributed by atoms with Crippen LogP contribution in [0.15, 0.2) is 17.5 Å². The largest absolute Gasteiger partial charge is 0.316 e. The van der Waals surface area contributed by atoms with E-state index in [0.717, 1.165) is 25.6 Å². The molecule has 3 heteroatoms. The lowest BCUT2D eigenvalue weighted by Crippen LogP contribution is -2.40. The van der Waals surface area contributed by atoms with Crippen LogP contribution in [0.1, 0.15) is 45.5 Å². The standard InChI is InChI=1S/C16H30N2S/c1-13(2)10-17-11-16(4,5)12-18(6)14(3)15-8-7-9-19-15/h7-9,13-14,17H,10-12H2,1-6H3. The monoisotopic (exact) mass is 282 g/mol. The van der Waals surface area contributed by atoms with E-state index in [1.165, 1.54) is 4.88 Å². The van der Waals surface area contributed by atoms with E-state index in [1.54, 1.807) is 0 Å². The molecule has 1 atom stereocenters. The van der Waals surface area contributed by atoms with Crippen molar-refractivity contribution in [2.45, 2.75) is 40.7 Å². The van der Waals surface area contributed by atoms with Gasteiger partial charge in [0.2, 0.25) is 0 Å². The summed E-state index contributed by atoms with van der Waals surface area (Å²) in [6.45, 7) is 14.8. The summed E-state index contributed by atoms with van der Waals surface area (Å²) in [7, 11) is 2.23. The van der Waals surface area contributed by atoms with Gasteiger partial charge in [0.05, 0.1) is 0 Å². The summed E-state index contributed by atoms with van der Waals surface area (Å²) in [5.74, 6) is 0.721. The minimum Gasteiger partial charge on any atom is -0.316 e. The Morgan fingerprint density at radius 2 is 2.00 bits per heavy atom. The van der Waals surface area contributed by atoms with E-state index in [0.29, 0.717) is 11.5 Å². The fraction of sp³-hybridized carbons (Fsp3) is 0.750. The van der Waals surface area contributed by atoms with Gasteiger partial charge < -0.3 is 5.32 Å². The Bertz CT molecular complexity index is 344. The third kappa shape index (κ3) is 6.07. The molecule has 0 fully saturated rings. The quantitative estimate of drug-likeness (QED) is 0.775. The summed E-state index contributed by atoms with van der Waals surface area (Å²) < 4.78 is 0. The van der Waals surface area contributed by atoms with Crippen LogP contribution < -0.4 is 5.32 Å². The van der Waals surface area contributed by atoms with Gasteiger partial charge in [-0.3, -0.25) is 4.90 Å². The second kappa shape index (κ2) is 7.41. The normalized spacial score (nSPS) is 14.3. The lowest BCUT2D eigenvalue weighted by Gasteiger charge is -2.34. The minimum atomic E-state index is 0.301. The van der Waals surface area contributed by atoms with Crippen molar-refractivity contribution in [3.05, 3.63) is 22.4 Å². The van der Waals surface area contributed by atoms with Gasteiger partial charge in [-0.2, -0.15) is 0 Å². The topological polar surface area (TPSA) is 15.3 Å². The first-order chi connectivity index (χ1) is 8.82. The van der Waals surface area contributed by atoms with Crippen LogP contribution in [-0.4, -0.2) is 31.6 Å². The van der Waals surface area contributed by atoms with Gasteiger partial charge in [-0.1, -0.05) is 33.8 Å². The molecule has 1 heterocycles. The van der Waals surface area contributed by atoms with E-state index < -0.39 is 0 Å². The minimum absolute atomic E-state index is 0.301. The molecule has 1 aromatic rings. The SMILES string of the molecule is CC(C)CNCC(C)(C)CN(C)C(C)c1cccs1. The Kier molecular flexibility index (Phi) is 6.51. The molecule has 1 unspecified atom stereocenters. The predicted molar refractivity (Wildman–Crippen MR) is 86.9 cm³/mol. The van der Waals surface area contributed by atoms with Crippen LogP contribution in [0.4, 0.5) is 0 Å². The number of hydrogen-bond donors (Lipinski definition) is 1. The molecule has 0 amide bonds. The molecule has 0 aliphatic rings. The molecule has 0 radical (unpaired) electrons. The first-order valence-corrected chi connectivity index (χ1v) is 8.14. The van der Waals surface area contributed by atoms with Crippen molar-refractivity contribution < 1.29 is 0 Å². The van der Waals surface area contributed by atoms with Crippen LogP contribution in [0.2, 0.25) is 0 Å². The highest BCUT2D eigenvalue weighted by atomic mass is 32.1. The molecule has 1 aromatic heterocycles. The van der Waals surface area contributed by atoms with Crippen molar-refractivity contribution in [1.29, 1.82) is 0 Å².